The first-order valence-electron chi connectivity index (χ1n) is 4.95. The van der Waals surface area contributed by atoms with Crippen molar-refractivity contribution in [1.29, 1.82) is 0 Å². The summed E-state index contributed by atoms with van der Waals surface area (Å²) in [6.07, 6.45) is 0. The van der Waals surface area contributed by atoms with Gasteiger partial charge in [0.1, 0.15) is 0 Å². The van der Waals surface area contributed by atoms with E-state index in [4.69, 9.17) is 0 Å². The molecule has 0 spiro atoms. The number of hydrogen-bond donors (Lipinski definition) is 1. The van der Waals surface area contributed by atoms with Gasteiger partial charge >= 0.3 is 5.97 Å². The molecule has 0 heterocycles. The van der Waals surface area contributed by atoms with Crippen LogP contribution in [0.1, 0.15) is 21.5 Å². The van der Waals surface area contributed by atoms with Crippen LogP contribution in [-0.4, -0.2) is 11.1 Å². The number of aryl methyl sites for hydroxylation is 1. The van der Waals surface area contributed by atoms with E-state index >= 15 is 0 Å². The molecule has 1 N–H and O–H groups in total. The summed E-state index contributed by atoms with van der Waals surface area (Å²) in [6, 6.07) is 9.54. The van der Waals surface area contributed by atoms with E-state index in [1.165, 1.54) is 0 Å². The highest BCUT2D eigenvalue weighted by atomic mass is 79.9. The normalized spacial score (nSPS) is 10.6. The van der Waals surface area contributed by atoms with Gasteiger partial charge in [-0.05, 0) is 28.8 Å². The van der Waals surface area contributed by atoms with Crippen molar-refractivity contribution in [3.63, 3.8) is 0 Å². The molecule has 0 bridgehead atoms. The van der Waals surface area contributed by atoms with Crippen LogP contribution in [0, 0.1) is 6.92 Å². The fourth-order valence-corrected chi connectivity index (χ4v) is 2.46. The number of aromatic carboxylic acids is 1. The van der Waals surface area contributed by atoms with Gasteiger partial charge in [0.2, 0.25) is 0 Å². The van der Waals surface area contributed by atoms with Crippen LogP contribution in [0.5, 0.6) is 0 Å². The molecule has 0 aliphatic heterocycles. The van der Waals surface area contributed by atoms with Crippen molar-refractivity contribution in [3.8, 4) is 0 Å². The Kier molecular flexibility index (Phi) is 2.97. The predicted octanol–water partition coefficient (Wildman–Crippen LogP) is 3.74. The first-order valence-corrected chi connectivity index (χ1v) is 6.07. The van der Waals surface area contributed by atoms with Crippen LogP contribution in [0.25, 0.3) is 10.8 Å². The monoisotopic (exact) mass is 278 g/mol. The zero-order valence-electron chi connectivity index (χ0n) is 8.83. The van der Waals surface area contributed by atoms with Crippen molar-refractivity contribution in [2.75, 3.05) is 0 Å². The zero-order chi connectivity index (χ0) is 11.7. The second kappa shape index (κ2) is 4.26. The maximum Gasteiger partial charge on any atom is 0.336 e. The van der Waals surface area contributed by atoms with E-state index in [1.54, 1.807) is 0 Å². The average molecular weight is 279 g/mol. The quantitative estimate of drug-likeness (QED) is 0.850. The van der Waals surface area contributed by atoms with E-state index in [0.29, 0.717) is 5.56 Å². The van der Waals surface area contributed by atoms with E-state index in [-0.39, 0.29) is 0 Å². The molecule has 0 aromatic heterocycles. The number of carbonyl (C=O) groups is 1. The summed E-state index contributed by atoms with van der Waals surface area (Å²) in [5.41, 5.74) is 2.33. The minimum atomic E-state index is -0.866. The Morgan fingerprint density at radius 2 is 1.94 bits per heavy atom. The van der Waals surface area contributed by atoms with Gasteiger partial charge < -0.3 is 5.11 Å². The van der Waals surface area contributed by atoms with Gasteiger partial charge in [-0.2, -0.15) is 0 Å². The van der Waals surface area contributed by atoms with Crippen LogP contribution in [0.4, 0.5) is 0 Å². The van der Waals surface area contributed by atoms with Gasteiger partial charge in [0, 0.05) is 5.33 Å². The fraction of sp³-hybridized carbons (Fsp3) is 0.154. The van der Waals surface area contributed by atoms with E-state index in [9.17, 15) is 9.90 Å². The lowest BCUT2D eigenvalue weighted by atomic mass is 9.96. The lowest BCUT2D eigenvalue weighted by Crippen LogP contribution is -2.02. The molecule has 2 aromatic carbocycles. The van der Waals surface area contributed by atoms with Gasteiger partial charge in [-0.25, -0.2) is 4.79 Å². The number of rotatable bonds is 2. The second-order valence-corrected chi connectivity index (χ2v) is 4.27. The van der Waals surface area contributed by atoms with Gasteiger partial charge in [-0.15, -0.1) is 0 Å². The molecule has 0 saturated heterocycles. The van der Waals surface area contributed by atoms with Crippen molar-refractivity contribution in [1.82, 2.24) is 0 Å². The van der Waals surface area contributed by atoms with Crippen LogP contribution < -0.4 is 0 Å². The number of halogens is 1. The molecule has 0 radical (unpaired) electrons. The number of hydrogen-bond acceptors (Lipinski definition) is 1. The highest BCUT2D eigenvalue weighted by Crippen LogP contribution is 2.27. The molecule has 16 heavy (non-hydrogen) atoms. The third-order valence-corrected chi connectivity index (χ3v) is 3.29. The summed E-state index contributed by atoms with van der Waals surface area (Å²) in [5, 5.41) is 11.8. The molecule has 0 amide bonds. The molecule has 0 aliphatic carbocycles. The highest BCUT2D eigenvalue weighted by Gasteiger charge is 2.13. The third kappa shape index (κ3) is 1.71. The van der Waals surface area contributed by atoms with Gasteiger partial charge in [0.15, 0.2) is 0 Å². The minimum Gasteiger partial charge on any atom is -0.478 e. The van der Waals surface area contributed by atoms with Crippen LogP contribution in [0.3, 0.4) is 0 Å². The maximum atomic E-state index is 11.2. The average Bonchev–Trinajstić information content (AvgIpc) is 2.27. The molecule has 82 valence electrons. The van der Waals surface area contributed by atoms with Crippen molar-refractivity contribution in [2.24, 2.45) is 0 Å². The molecule has 3 heteroatoms. The van der Waals surface area contributed by atoms with Crippen molar-refractivity contribution >= 4 is 32.7 Å². The lowest BCUT2D eigenvalue weighted by molar-refractivity contribution is 0.0698. The molecule has 0 fully saturated rings. The number of carboxylic acid groups (broad SMARTS) is 1. The summed E-state index contributed by atoms with van der Waals surface area (Å²) in [4.78, 5) is 11.2. The Morgan fingerprint density at radius 1 is 1.31 bits per heavy atom. The molecule has 2 aromatic rings. The topological polar surface area (TPSA) is 37.3 Å². The van der Waals surface area contributed by atoms with Crippen LogP contribution in [0.2, 0.25) is 0 Å². The van der Waals surface area contributed by atoms with Crippen molar-refractivity contribution in [3.05, 3.63) is 47.0 Å². The summed E-state index contributed by atoms with van der Waals surface area (Å²) < 4.78 is 0. The lowest BCUT2D eigenvalue weighted by Gasteiger charge is -2.10. The van der Waals surface area contributed by atoms with Crippen molar-refractivity contribution < 1.29 is 9.90 Å². The number of fused-ring (bicyclic) bond motifs is 1. The van der Waals surface area contributed by atoms with Gasteiger partial charge in [-0.1, -0.05) is 46.3 Å². The predicted molar refractivity (Wildman–Crippen MR) is 68.3 cm³/mol. The fourth-order valence-electron chi connectivity index (χ4n) is 2.00. The smallest absolute Gasteiger partial charge is 0.336 e. The highest BCUT2D eigenvalue weighted by molar-refractivity contribution is 9.08. The largest absolute Gasteiger partial charge is 0.478 e. The van der Waals surface area contributed by atoms with Crippen LogP contribution in [-0.2, 0) is 5.33 Å². The molecular formula is C13H11BrO2. The molecular weight excluding hydrogens is 268 g/mol. The van der Waals surface area contributed by atoms with E-state index in [2.05, 4.69) is 15.9 Å². The van der Waals surface area contributed by atoms with E-state index in [1.807, 2.05) is 37.3 Å². The van der Waals surface area contributed by atoms with Gasteiger partial charge in [0.05, 0.1) is 5.56 Å². The standard InChI is InChI=1S/C13H11BrO2/c1-8-6-9(7-14)10-4-2-3-5-11(10)12(8)13(15)16/h2-6H,7H2,1H3,(H,15,16). The Morgan fingerprint density at radius 3 is 2.50 bits per heavy atom. The summed E-state index contributed by atoms with van der Waals surface area (Å²) in [7, 11) is 0. The molecule has 2 rings (SSSR count). The van der Waals surface area contributed by atoms with Crippen LogP contribution >= 0.6 is 15.9 Å². The first kappa shape index (κ1) is 11.1. The van der Waals surface area contributed by atoms with Gasteiger partial charge in [-0.3, -0.25) is 0 Å². The summed E-state index contributed by atoms with van der Waals surface area (Å²) in [5.74, 6) is -0.866. The first-order chi connectivity index (χ1) is 7.65. The molecule has 0 saturated carbocycles. The molecule has 0 aliphatic rings. The second-order valence-electron chi connectivity index (χ2n) is 3.71. The molecule has 0 atom stereocenters. The third-order valence-electron chi connectivity index (χ3n) is 2.69. The molecule has 0 unspecified atom stereocenters. The Bertz CT molecular complexity index is 561. The zero-order valence-corrected chi connectivity index (χ0v) is 10.4. The Labute approximate surface area is 102 Å². The number of alkyl halides is 1. The minimum absolute atomic E-state index is 0.403. The molecule has 2 nitrogen and oxygen atoms in total. The number of benzene rings is 2. The van der Waals surface area contributed by atoms with Gasteiger partial charge in [0.25, 0.3) is 0 Å². The maximum absolute atomic E-state index is 11.2. The summed E-state index contributed by atoms with van der Waals surface area (Å²) >= 11 is 3.43. The van der Waals surface area contributed by atoms with Crippen molar-refractivity contribution in [2.45, 2.75) is 12.3 Å². The van der Waals surface area contributed by atoms with E-state index in [0.717, 1.165) is 27.2 Å². The van der Waals surface area contributed by atoms with Crippen LogP contribution in [0.15, 0.2) is 30.3 Å². The number of carboxylic acids is 1. The summed E-state index contributed by atoms with van der Waals surface area (Å²) in [6.45, 7) is 1.84. The Balaban J connectivity index is 2.92. The Hall–Kier alpha value is -1.35. The SMILES string of the molecule is Cc1cc(CBr)c2ccccc2c1C(=O)O. The van der Waals surface area contributed by atoms with E-state index < -0.39 is 5.97 Å².